The number of piperazine rings is 1. The molecule has 2 fully saturated rings. The SMILES string of the molecule is CCC1CCN(CCN2CCN(C)CC2)C(CN)C1. The van der Waals surface area contributed by atoms with Gasteiger partial charge in [0.1, 0.15) is 0 Å². The van der Waals surface area contributed by atoms with Crippen molar-refractivity contribution in [3.05, 3.63) is 0 Å². The lowest BCUT2D eigenvalue weighted by molar-refractivity contribution is 0.0852. The Labute approximate surface area is 118 Å². The Bertz CT molecular complexity index is 251. The van der Waals surface area contributed by atoms with Gasteiger partial charge in [0.05, 0.1) is 0 Å². The van der Waals surface area contributed by atoms with Crippen LogP contribution in [0.2, 0.25) is 0 Å². The minimum absolute atomic E-state index is 0.631. The third-order valence-corrected chi connectivity index (χ3v) is 5.10. The number of nitrogens with two attached hydrogens (primary N) is 1. The van der Waals surface area contributed by atoms with Crippen LogP contribution in [-0.2, 0) is 0 Å². The van der Waals surface area contributed by atoms with Crippen LogP contribution in [-0.4, -0.2) is 80.1 Å². The molecule has 0 spiro atoms. The van der Waals surface area contributed by atoms with Crippen LogP contribution in [0.4, 0.5) is 0 Å². The molecule has 2 rings (SSSR count). The van der Waals surface area contributed by atoms with Crippen molar-refractivity contribution < 1.29 is 0 Å². The molecule has 0 aromatic carbocycles. The number of hydrogen-bond acceptors (Lipinski definition) is 4. The van der Waals surface area contributed by atoms with Crippen molar-refractivity contribution in [2.24, 2.45) is 11.7 Å². The van der Waals surface area contributed by atoms with Gasteiger partial charge in [-0.2, -0.15) is 0 Å². The van der Waals surface area contributed by atoms with Gasteiger partial charge in [0.2, 0.25) is 0 Å². The highest BCUT2D eigenvalue weighted by atomic mass is 15.3. The number of piperidine rings is 1. The first-order valence-electron chi connectivity index (χ1n) is 8.08. The van der Waals surface area contributed by atoms with E-state index in [2.05, 4.69) is 28.7 Å². The van der Waals surface area contributed by atoms with Crippen molar-refractivity contribution in [3.63, 3.8) is 0 Å². The van der Waals surface area contributed by atoms with Gasteiger partial charge < -0.3 is 10.6 Å². The summed E-state index contributed by atoms with van der Waals surface area (Å²) < 4.78 is 0. The van der Waals surface area contributed by atoms with Crippen LogP contribution in [0, 0.1) is 5.92 Å². The van der Waals surface area contributed by atoms with E-state index in [1.54, 1.807) is 0 Å². The van der Waals surface area contributed by atoms with Gasteiger partial charge >= 0.3 is 0 Å². The summed E-state index contributed by atoms with van der Waals surface area (Å²) >= 11 is 0. The van der Waals surface area contributed by atoms with Crippen molar-refractivity contribution in [1.82, 2.24) is 14.7 Å². The summed E-state index contributed by atoms with van der Waals surface area (Å²) in [4.78, 5) is 7.68. The molecule has 2 saturated heterocycles. The minimum atomic E-state index is 0.631. The van der Waals surface area contributed by atoms with Crippen LogP contribution >= 0.6 is 0 Å². The lowest BCUT2D eigenvalue weighted by Gasteiger charge is -2.40. The van der Waals surface area contributed by atoms with Crippen LogP contribution in [0.3, 0.4) is 0 Å². The Morgan fingerprint density at radius 1 is 1.05 bits per heavy atom. The van der Waals surface area contributed by atoms with E-state index >= 15 is 0 Å². The summed E-state index contributed by atoms with van der Waals surface area (Å²) in [5, 5.41) is 0. The molecule has 0 aromatic heterocycles. The smallest absolute Gasteiger partial charge is 0.0221 e. The molecule has 0 bridgehead atoms. The molecule has 2 aliphatic heterocycles. The van der Waals surface area contributed by atoms with Gasteiger partial charge in [0.15, 0.2) is 0 Å². The Kier molecular flexibility index (Phi) is 6.07. The van der Waals surface area contributed by atoms with E-state index < -0.39 is 0 Å². The fraction of sp³-hybridized carbons (Fsp3) is 1.00. The van der Waals surface area contributed by atoms with Gasteiger partial charge in [-0.05, 0) is 32.4 Å². The molecule has 2 unspecified atom stereocenters. The van der Waals surface area contributed by atoms with Crippen molar-refractivity contribution in [2.45, 2.75) is 32.2 Å². The summed E-state index contributed by atoms with van der Waals surface area (Å²) in [7, 11) is 2.22. The van der Waals surface area contributed by atoms with E-state index in [1.807, 2.05) is 0 Å². The predicted molar refractivity (Wildman–Crippen MR) is 81.4 cm³/mol. The first-order valence-corrected chi connectivity index (χ1v) is 8.08. The zero-order valence-corrected chi connectivity index (χ0v) is 12.9. The zero-order chi connectivity index (χ0) is 13.7. The van der Waals surface area contributed by atoms with E-state index in [0.717, 1.165) is 12.5 Å². The van der Waals surface area contributed by atoms with Crippen molar-refractivity contribution in [1.29, 1.82) is 0 Å². The molecule has 0 radical (unpaired) electrons. The molecular weight excluding hydrogens is 236 g/mol. The standard InChI is InChI=1S/C15H32N4/c1-3-14-4-5-19(15(12-14)13-16)11-10-18-8-6-17(2)7-9-18/h14-15H,3-13,16H2,1-2H3. The molecule has 2 aliphatic rings. The average molecular weight is 268 g/mol. The molecule has 0 aliphatic carbocycles. The van der Waals surface area contributed by atoms with E-state index in [1.165, 1.54) is 65.1 Å². The van der Waals surface area contributed by atoms with Gasteiger partial charge in [0, 0.05) is 51.9 Å². The summed E-state index contributed by atoms with van der Waals surface area (Å²) in [6.45, 7) is 11.7. The highest BCUT2D eigenvalue weighted by Gasteiger charge is 2.26. The predicted octanol–water partition coefficient (Wildman–Crippen LogP) is 0.683. The molecule has 0 amide bonds. The first kappa shape index (κ1) is 15.2. The van der Waals surface area contributed by atoms with Crippen LogP contribution < -0.4 is 5.73 Å². The molecule has 0 aromatic rings. The maximum atomic E-state index is 5.98. The number of rotatable bonds is 5. The maximum Gasteiger partial charge on any atom is 0.0221 e. The molecule has 4 heteroatoms. The van der Waals surface area contributed by atoms with Crippen molar-refractivity contribution in [2.75, 3.05) is 59.4 Å². The molecule has 0 saturated carbocycles. The second-order valence-corrected chi connectivity index (χ2v) is 6.37. The first-order chi connectivity index (χ1) is 9.22. The van der Waals surface area contributed by atoms with E-state index in [9.17, 15) is 0 Å². The largest absolute Gasteiger partial charge is 0.329 e. The highest BCUT2D eigenvalue weighted by Crippen LogP contribution is 2.24. The molecule has 4 nitrogen and oxygen atoms in total. The lowest BCUT2D eigenvalue weighted by Crippen LogP contribution is -2.51. The van der Waals surface area contributed by atoms with Crippen molar-refractivity contribution >= 4 is 0 Å². The monoisotopic (exact) mass is 268 g/mol. The molecule has 2 atom stereocenters. The van der Waals surface area contributed by atoms with Gasteiger partial charge in [-0.3, -0.25) is 9.80 Å². The van der Waals surface area contributed by atoms with Gasteiger partial charge in [0.25, 0.3) is 0 Å². The fourth-order valence-electron chi connectivity index (χ4n) is 3.43. The molecule has 112 valence electrons. The summed E-state index contributed by atoms with van der Waals surface area (Å²) in [6, 6.07) is 0.631. The van der Waals surface area contributed by atoms with Crippen LogP contribution in [0.25, 0.3) is 0 Å². The van der Waals surface area contributed by atoms with Crippen LogP contribution in [0.15, 0.2) is 0 Å². The Morgan fingerprint density at radius 2 is 1.79 bits per heavy atom. The summed E-state index contributed by atoms with van der Waals surface area (Å²) in [5.41, 5.74) is 5.98. The van der Waals surface area contributed by atoms with Crippen LogP contribution in [0.1, 0.15) is 26.2 Å². The zero-order valence-electron chi connectivity index (χ0n) is 12.9. The summed E-state index contributed by atoms with van der Waals surface area (Å²) in [5.74, 6) is 0.911. The lowest BCUT2D eigenvalue weighted by atomic mass is 9.89. The molecule has 19 heavy (non-hydrogen) atoms. The molecule has 2 N–H and O–H groups in total. The van der Waals surface area contributed by atoms with Gasteiger partial charge in [-0.25, -0.2) is 0 Å². The number of likely N-dealkylation sites (tertiary alicyclic amines) is 1. The third kappa shape index (κ3) is 4.42. The molecule has 2 heterocycles. The number of hydrogen-bond donors (Lipinski definition) is 1. The van der Waals surface area contributed by atoms with E-state index in [-0.39, 0.29) is 0 Å². The molecular formula is C15H32N4. The maximum absolute atomic E-state index is 5.98. The third-order valence-electron chi connectivity index (χ3n) is 5.10. The fourth-order valence-corrected chi connectivity index (χ4v) is 3.43. The Balaban J connectivity index is 1.72. The topological polar surface area (TPSA) is 35.7 Å². The quantitative estimate of drug-likeness (QED) is 0.795. The van der Waals surface area contributed by atoms with E-state index in [0.29, 0.717) is 6.04 Å². The summed E-state index contributed by atoms with van der Waals surface area (Å²) in [6.07, 6.45) is 4.01. The van der Waals surface area contributed by atoms with Gasteiger partial charge in [-0.15, -0.1) is 0 Å². The van der Waals surface area contributed by atoms with Crippen LogP contribution in [0.5, 0.6) is 0 Å². The minimum Gasteiger partial charge on any atom is -0.329 e. The van der Waals surface area contributed by atoms with Crippen molar-refractivity contribution in [3.8, 4) is 0 Å². The van der Waals surface area contributed by atoms with E-state index in [4.69, 9.17) is 5.73 Å². The normalized spacial score (nSPS) is 31.7. The second-order valence-electron chi connectivity index (χ2n) is 6.37. The Hall–Kier alpha value is -0.160. The van der Waals surface area contributed by atoms with Gasteiger partial charge in [-0.1, -0.05) is 13.3 Å². The Morgan fingerprint density at radius 3 is 2.42 bits per heavy atom. The second kappa shape index (κ2) is 7.58. The highest BCUT2D eigenvalue weighted by molar-refractivity contribution is 4.83. The average Bonchev–Trinajstić information content (AvgIpc) is 2.46. The number of nitrogens with zero attached hydrogens (tertiary/aromatic N) is 3. The number of likely N-dealkylation sites (N-methyl/N-ethyl adjacent to an activating group) is 1.